The fourth-order valence-corrected chi connectivity index (χ4v) is 2.48. The molecule has 1 N–H and O–H groups in total. The number of nitrogens with zero attached hydrogens (tertiary/aromatic N) is 1. The summed E-state index contributed by atoms with van der Waals surface area (Å²) in [5, 5.41) is 3.24. The second kappa shape index (κ2) is 5.85. The molecule has 0 bridgehead atoms. The Kier molecular flexibility index (Phi) is 3.92. The van der Waals surface area contributed by atoms with Crippen molar-refractivity contribution in [3.63, 3.8) is 0 Å². The maximum absolute atomic E-state index is 12.3. The fourth-order valence-electron chi connectivity index (χ4n) is 2.48. The molecule has 1 aliphatic heterocycles. The zero-order valence-corrected chi connectivity index (χ0v) is 12.2. The number of carbonyl (C=O) groups is 2. The highest BCUT2D eigenvalue weighted by Gasteiger charge is 2.41. The van der Waals surface area contributed by atoms with Gasteiger partial charge in [-0.3, -0.25) is 9.59 Å². The van der Waals surface area contributed by atoms with Crippen LogP contribution in [-0.2, 0) is 9.59 Å². The van der Waals surface area contributed by atoms with Gasteiger partial charge in [0.15, 0.2) is 0 Å². The largest absolute Gasteiger partial charge is 0.494 e. The standard InChI is InChI=1S/C16H20N2O3/c1-2-9-21-13-7-5-12(6-8-13)18-15(19)10-14(16(18)20)17-11-3-4-11/h5-8,11,14,17H,2-4,9-10H2,1H3/t14-/m0/s1. The molecule has 2 amide bonds. The normalized spacial score (nSPS) is 22.0. The van der Waals surface area contributed by atoms with Crippen LogP contribution in [0.3, 0.4) is 0 Å². The molecule has 0 aromatic heterocycles. The third-order valence-electron chi connectivity index (χ3n) is 3.73. The van der Waals surface area contributed by atoms with Crippen LogP contribution in [0.2, 0.25) is 0 Å². The molecule has 1 aromatic carbocycles. The van der Waals surface area contributed by atoms with E-state index in [0.717, 1.165) is 25.0 Å². The summed E-state index contributed by atoms with van der Waals surface area (Å²) in [6.45, 7) is 2.71. The molecule has 0 spiro atoms. The topological polar surface area (TPSA) is 58.6 Å². The minimum Gasteiger partial charge on any atom is -0.494 e. The number of anilines is 1. The number of ether oxygens (including phenoxy) is 1. The predicted molar refractivity (Wildman–Crippen MR) is 79.3 cm³/mol. The van der Waals surface area contributed by atoms with E-state index in [1.165, 1.54) is 4.90 Å². The molecule has 21 heavy (non-hydrogen) atoms. The number of imide groups is 1. The van der Waals surface area contributed by atoms with Gasteiger partial charge in [-0.15, -0.1) is 0 Å². The Labute approximate surface area is 124 Å². The van der Waals surface area contributed by atoms with E-state index >= 15 is 0 Å². The van der Waals surface area contributed by atoms with Crippen molar-refractivity contribution in [2.24, 2.45) is 0 Å². The van der Waals surface area contributed by atoms with E-state index in [1.54, 1.807) is 24.3 Å². The van der Waals surface area contributed by atoms with Crippen LogP contribution in [0, 0.1) is 0 Å². The molecule has 1 aromatic rings. The van der Waals surface area contributed by atoms with Crippen molar-refractivity contribution in [2.75, 3.05) is 11.5 Å². The quantitative estimate of drug-likeness (QED) is 0.812. The summed E-state index contributed by atoms with van der Waals surface area (Å²) in [6.07, 6.45) is 3.39. The molecule has 1 saturated heterocycles. The first-order chi connectivity index (χ1) is 10.2. The SMILES string of the molecule is CCCOc1ccc(N2C(=O)C[C@H](NC3CC3)C2=O)cc1. The van der Waals surface area contributed by atoms with E-state index in [0.29, 0.717) is 18.3 Å². The van der Waals surface area contributed by atoms with E-state index in [9.17, 15) is 9.59 Å². The minimum absolute atomic E-state index is 0.139. The first kappa shape index (κ1) is 14.1. The lowest BCUT2D eigenvalue weighted by molar-refractivity contribution is -0.121. The number of carbonyl (C=O) groups excluding carboxylic acids is 2. The van der Waals surface area contributed by atoms with Crippen LogP contribution in [0.1, 0.15) is 32.6 Å². The van der Waals surface area contributed by atoms with Gasteiger partial charge in [-0.25, -0.2) is 4.90 Å². The van der Waals surface area contributed by atoms with Gasteiger partial charge in [0.25, 0.3) is 5.91 Å². The fraction of sp³-hybridized carbons (Fsp3) is 0.500. The summed E-state index contributed by atoms with van der Waals surface area (Å²) < 4.78 is 5.51. The lowest BCUT2D eigenvalue weighted by Gasteiger charge is -2.16. The van der Waals surface area contributed by atoms with E-state index < -0.39 is 0 Å². The highest BCUT2D eigenvalue weighted by Crippen LogP contribution is 2.27. The minimum atomic E-state index is -0.360. The van der Waals surface area contributed by atoms with Crippen LogP contribution in [0.25, 0.3) is 0 Å². The van der Waals surface area contributed by atoms with Crippen LogP contribution in [-0.4, -0.2) is 30.5 Å². The van der Waals surface area contributed by atoms with Gasteiger partial charge in [0.1, 0.15) is 5.75 Å². The van der Waals surface area contributed by atoms with Gasteiger partial charge in [0, 0.05) is 6.04 Å². The predicted octanol–water partition coefficient (Wildman–Crippen LogP) is 1.86. The van der Waals surface area contributed by atoms with Gasteiger partial charge in [-0.2, -0.15) is 0 Å². The summed E-state index contributed by atoms with van der Waals surface area (Å²) in [5.41, 5.74) is 0.619. The van der Waals surface area contributed by atoms with Crippen LogP contribution >= 0.6 is 0 Å². The Hall–Kier alpha value is -1.88. The van der Waals surface area contributed by atoms with Crippen molar-refractivity contribution in [3.05, 3.63) is 24.3 Å². The third-order valence-corrected chi connectivity index (χ3v) is 3.73. The second-order valence-corrected chi connectivity index (χ2v) is 5.61. The Morgan fingerprint density at radius 1 is 1.24 bits per heavy atom. The van der Waals surface area contributed by atoms with Gasteiger partial charge < -0.3 is 10.1 Å². The van der Waals surface area contributed by atoms with Crippen molar-refractivity contribution in [1.82, 2.24) is 5.32 Å². The maximum atomic E-state index is 12.3. The third kappa shape index (κ3) is 3.08. The lowest BCUT2D eigenvalue weighted by Crippen LogP contribution is -2.39. The summed E-state index contributed by atoms with van der Waals surface area (Å²) >= 11 is 0. The van der Waals surface area contributed by atoms with Gasteiger partial charge in [0.05, 0.1) is 24.8 Å². The van der Waals surface area contributed by atoms with Crippen molar-refractivity contribution in [3.8, 4) is 5.75 Å². The highest BCUT2D eigenvalue weighted by atomic mass is 16.5. The molecule has 0 unspecified atom stereocenters. The Bertz CT molecular complexity index is 537. The van der Waals surface area contributed by atoms with Crippen LogP contribution in [0.4, 0.5) is 5.69 Å². The summed E-state index contributed by atoms with van der Waals surface area (Å²) in [4.78, 5) is 25.7. The molecule has 1 heterocycles. The molecule has 3 rings (SSSR count). The summed E-state index contributed by atoms with van der Waals surface area (Å²) in [7, 11) is 0. The molecular formula is C16H20N2O3. The highest BCUT2D eigenvalue weighted by molar-refractivity contribution is 6.22. The molecule has 0 radical (unpaired) electrons. The van der Waals surface area contributed by atoms with Crippen molar-refractivity contribution in [1.29, 1.82) is 0 Å². The molecule has 1 aliphatic carbocycles. The zero-order valence-electron chi connectivity index (χ0n) is 12.2. The monoisotopic (exact) mass is 288 g/mol. The molecule has 5 nitrogen and oxygen atoms in total. The lowest BCUT2D eigenvalue weighted by atomic mass is 10.2. The van der Waals surface area contributed by atoms with Crippen molar-refractivity contribution < 1.29 is 14.3 Å². The molecule has 1 saturated carbocycles. The van der Waals surface area contributed by atoms with Gasteiger partial charge in [0.2, 0.25) is 5.91 Å². The Morgan fingerprint density at radius 3 is 2.57 bits per heavy atom. The second-order valence-electron chi connectivity index (χ2n) is 5.61. The van der Waals surface area contributed by atoms with E-state index in [2.05, 4.69) is 5.32 Å². The Balaban J connectivity index is 1.70. The van der Waals surface area contributed by atoms with Crippen molar-refractivity contribution in [2.45, 2.75) is 44.7 Å². The van der Waals surface area contributed by atoms with E-state index in [1.807, 2.05) is 6.92 Å². The number of rotatable bonds is 6. The first-order valence-corrected chi connectivity index (χ1v) is 7.54. The Morgan fingerprint density at radius 2 is 1.95 bits per heavy atom. The number of hydrogen-bond donors (Lipinski definition) is 1. The van der Waals surface area contributed by atoms with Crippen LogP contribution in [0.15, 0.2) is 24.3 Å². The zero-order chi connectivity index (χ0) is 14.8. The van der Waals surface area contributed by atoms with Crippen LogP contribution in [0.5, 0.6) is 5.75 Å². The molecule has 5 heteroatoms. The number of nitrogens with one attached hydrogen (secondary N) is 1. The maximum Gasteiger partial charge on any atom is 0.251 e. The first-order valence-electron chi connectivity index (χ1n) is 7.54. The average molecular weight is 288 g/mol. The van der Waals surface area contributed by atoms with Crippen molar-refractivity contribution >= 4 is 17.5 Å². The van der Waals surface area contributed by atoms with Gasteiger partial charge in [-0.1, -0.05) is 6.92 Å². The number of amides is 2. The van der Waals surface area contributed by atoms with Gasteiger partial charge in [-0.05, 0) is 43.5 Å². The summed E-state index contributed by atoms with van der Waals surface area (Å²) in [6, 6.07) is 7.18. The molecular weight excluding hydrogens is 268 g/mol. The van der Waals surface area contributed by atoms with E-state index in [-0.39, 0.29) is 24.3 Å². The summed E-state index contributed by atoms with van der Waals surface area (Å²) in [5.74, 6) is 0.474. The molecule has 2 fully saturated rings. The molecule has 112 valence electrons. The number of hydrogen-bond acceptors (Lipinski definition) is 4. The molecule has 1 atom stereocenters. The van der Waals surface area contributed by atoms with E-state index in [4.69, 9.17) is 4.74 Å². The van der Waals surface area contributed by atoms with Crippen LogP contribution < -0.4 is 15.0 Å². The molecule has 2 aliphatic rings. The number of benzene rings is 1. The smallest absolute Gasteiger partial charge is 0.251 e. The average Bonchev–Trinajstić information content (AvgIpc) is 3.25. The van der Waals surface area contributed by atoms with Gasteiger partial charge >= 0.3 is 0 Å².